The van der Waals surface area contributed by atoms with Crippen LogP contribution in [0.3, 0.4) is 0 Å². The molecule has 2 rings (SSSR count). The van der Waals surface area contributed by atoms with E-state index >= 15 is 0 Å². The predicted molar refractivity (Wildman–Crippen MR) is 110 cm³/mol. The van der Waals surface area contributed by atoms with Gasteiger partial charge >= 0.3 is 0 Å². The van der Waals surface area contributed by atoms with Crippen molar-refractivity contribution in [3.8, 4) is 0 Å². The summed E-state index contributed by atoms with van der Waals surface area (Å²) in [5.74, 6) is 1.63. The van der Waals surface area contributed by atoms with Crippen LogP contribution in [0.2, 0.25) is 0 Å². The van der Waals surface area contributed by atoms with Gasteiger partial charge in [0.25, 0.3) is 0 Å². The second kappa shape index (κ2) is 11.2. The fourth-order valence-corrected chi connectivity index (χ4v) is 3.68. The summed E-state index contributed by atoms with van der Waals surface area (Å²) in [6, 6.07) is 0. The molecule has 23 heavy (non-hydrogen) atoms. The van der Waals surface area contributed by atoms with E-state index in [9.17, 15) is 0 Å². The Morgan fingerprint density at radius 3 is 2.96 bits per heavy atom. The Bertz CT molecular complexity index is 477. The van der Waals surface area contributed by atoms with Gasteiger partial charge in [-0.1, -0.05) is 6.92 Å². The summed E-state index contributed by atoms with van der Waals surface area (Å²) in [6.45, 7) is 6.46. The molecule has 0 amide bonds. The molecule has 0 spiro atoms. The molecule has 132 valence electrons. The molecule has 1 aromatic rings. The van der Waals surface area contributed by atoms with Crippen LogP contribution in [0.15, 0.2) is 11.2 Å². The van der Waals surface area contributed by atoms with Gasteiger partial charge in [-0.3, -0.25) is 4.99 Å². The van der Waals surface area contributed by atoms with Crippen molar-refractivity contribution in [2.45, 2.75) is 32.6 Å². The number of aromatic nitrogens is 1. The van der Waals surface area contributed by atoms with Crippen LogP contribution in [0.25, 0.3) is 0 Å². The number of piperidine rings is 1. The van der Waals surface area contributed by atoms with Crippen molar-refractivity contribution in [2.24, 2.45) is 10.9 Å². The summed E-state index contributed by atoms with van der Waals surface area (Å²) in [7, 11) is 4.04. The van der Waals surface area contributed by atoms with E-state index in [-0.39, 0.29) is 24.0 Å². The maximum absolute atomic E-state index is 4.45. The summed E-state index contributed by atoms with van der Waals surface area (Å²) in [5, 5.41) is 8.05. The molecule has 0 aromatic carbocycles. The van der Waals surface area contributed by atoms with Gasteiger partial charge in [-0.2, -0.15) is 0 Å². The fraction of sp³-hybridized carbons (Fsp3) is 0.750. The van der Waals surface area contributed by atoms with Crippen molar-refractivity contribution in [3.63, 3.8) is 0 Å². The number of nitrogens with zero attached hydrogens (tertiary/aromatic N) is 3. The van der Waals surface area contributed by atoms with E-state index in [2.05, 4.69) is 39.5 Å². The Morgan fingerprint density at radius 2 is 2.30 bits per heavy atom. The minimum atomic E-state index is 0. The van der Waals surface area contributed by atoms with Crippen LogP contribution in [0.4, 0.5) is 0 Å². The number of aliphatic imine (C=N–C) groups is 1. The third kappa shape index (κ3) is 7.34. The number of halogens is 1. The summed E-state index contributed by atoms with van der Waals surface area (Å²) in [6.07, 6.45) is 6.64. The van der Waals surface area contributed by atoms with E-state index in [0.29, 0.717) is 0 Å². The number of hydrogen-bond acceptors (Lipinski definition) is 4. The normalized spacial score (nSPS) is 19.3. The zero-order valence-corrected chi connectivity index (χ0v) is 17.6. The molecule has 1 aromatic heterocycles. The summed E-state index contributed by atoms with van der Waals surface area (Å²) in [4.78, 5) is 12.5. The van der Waals surface area contributed by atoms with Gasteiger partial charge in [0.05, 0.1) is 5.01 Å². The molecule has 7 heteroatoms. The largest absolute Gasteiger partial charge is 0.356 e. The van der Waals surface area contributed by atoms with Gasteiger partial charge in [-0.15, -0.1) is 35.3 Å². The van der Waals surface area contributed by atoms with E-state index in [1.807, 2.05) is 24.6 Å². The molecule has 1 aliphatic rings. The Kier molecular flexibility index (Phi) is 10.0. The minimum Gasteiger partial charge on any atom is -0.356 e. The standard InChI is InChI=1S/C16H29N5S.HI/c1-4-14-11-19-15(22-14)7-8-18-16(17-2)20-10-13-6-5-9-21(3)12-13;/h11,13H,4-10,12H2,1-3H3,(H2,17,18,20);1H. The van der Waals surface area contributed by atoms with Crippen LogP contribution in [-0.2, 0) is 12.8 Å². The third-order valence-electron chi connectivity index (χ3n) is 4.09. The second-order valence-electron chi connectivity index (χ2n) is 5.97. The van der Waals surface area contributed by atoms with E-state index in [4.69, 9.17) is 0 Å². The van der Waals surface area contributed by atoms with E-state index in [1.165, 1.54) is 35.8 Å². The number of thiazole rings is 1. The van der Waals surface area contributed by atoms with Crippen molar-refractivity contribution in [1.82, 2.24) is 20.5 Å². The van der Waals surface area contributed by atoms with Gasteiger partial charge in [0.15, 0.2) is 5.96 Å². The first-order chi connectivity index (χ1) is 10.7. The molecule has 1 fully saturated rings. The summed E-state index contributed by atoms with van der Waals surface area (Å²) < 4.78 is 0. The van der Waals surface area contributed by atoms with Gasteiger partial charge in [-0.25, -0.2) is 4.98 Å². The third-order valence-corrected chi connectivity index (χ3v) is 5.29. The Labute approximate surface area is 161 Å². The lowest BCUT2D eigenvalue weighted by molar-refractivity contribution is 0.210. The molecule has 0 radical (unpaired) electrons. The molecule has 0 bridgehead atoms. The molecule has 1 atom stereocenters. The zero-order chi connectivity index (χ0) is 15.8. The summed E-state index contributed by atoms with van der Waals surface area (Å²) >= 11 is 1.81. The lowest BCUT2D eigenvalue weighted by Crippen LogP contribution is -2.44. The maximum atomic E-state index is 4.45. The smallest absolute Gasteiger partial charge is 0.191 e. The molecule has 5 nitrogen and oxygen atoms in total. The van der Waals surface area contributed by atoms with Crippen LogP contribution in [0, 0.1) is 5.92 Å². The molecular formula is C16H30IN5S. The molecule has 1 saturated heterocycles. The number of guanidine groups is 1. The van der Waals surface area contributed by atoms with Crippen molar-refractivity contribution >= 4 is 41.3 Å². The first-order valence-electron chi connectivity index (χ1n) is 8.28. The van der Waals surface area contributed by atoms with E-state index in [1.54, 1.807) is 0 Å². The average molecular weight is 451 g/mol. The van der Waals surface area contributed by atoms with Crippen LogP contribution in [0.5, 0.6) is 0 Å². The van der Waals surface area contributed by atoms with Crippen molar-refractivity contribution < 1.29 is 0 Å². The summed E-state index contributed by atoms with van der Waals surface area (Å²) in [5.41, 5.74) is 0. The van der Waals surface area contributed by atoms with Crippen LogP contribution in [-0.4, -0.2) is 56.1 Å². The quantitative estimate of drug-likeness (QED) is 0.396. The molecule has 2 N–H and O–H groups in total. The molecule has 0 aliphatic carbocycles. The number of rotatable bonds is 6. The Balaban J connectivity index is 0.00000264. The van der Waals surface area contributed by atoms with Gasteiger partial charge in [0.2, 0.25) is 0 Å². The number of likely N-dealkylation sites (tertiary alicyclic amines) is 1. The molecule has 1 aliphatic heterocycles. The van der Waals surface area contributed by atoms with E-state index in [0.717, 1.165) is 37.8 Å². The van der Waals surface area contributed by atoms with Gasteiger partial charge in [0.1, 0.15) is 0 Å². The molecule has 2 heterocycles. The van der Waals surface area contributed by atoms with Crippen LogP contribution in [0.1, 0.15) is 29.7 Å². The number of nitrogens with one attached hydrogen (secondary N) is 2. The Hall–Kier alpha value is -0.410. The van der Waals surface area contributed by atoms with Crippen LogP contribution >= 0.6 is 35.3 Å². The first-order valence-corrected chi connectivity index (χ1v) is 9.09. The predicted octanol–water partition coefficient (Wildman–Crippen LogP) is 2.37. The highest BCUT2D eigenvalue weighted by molar-refractivity contribution is 14.0. The molecular weight excluding hydrogens is 421 g/mol. The van der Waals surface area contributed by atoms with Crippen molar-refractivity contribution in [3.05, 3.63) is 16.1 Å². The van der Waals surface area contributed by atoms with Crippen molar-refractivity contribution in [1.29, 1.82) is 0 Å². The highest BCUT2D eigenvalue weighted by Crippen LogP contribution is 2.14. The SMILES string of the molecule is CCc1cnc(CCNC(=NC)NCC2CCCN(C)C2)s1.I. The number of hydrogen-bond donors (Lipinski definition) is 2. The maximum Gasteiger partial charge on any atom is 0.191 e. The van der Waals surface area contributed by atoms with Gasteiger partial charge in [-0.05, 0) is 38.8 Å². The van der Waals surface area contributed by atoms with Crippen molar-refractivity contribution in [2.75, 3.05) is 40.3 Å². The topological polar surface area (TPSA) is 52.6 Å². The lowest BCUT2D eigenvalue weighted by Gasteiger charge is -2.30. The average Bonchev–Trinajstić information content (AvgIpc) is 2.98. The lowest BCUT2D eigenvalue weighted by atomic mass is 9.99. The van der Waals surface area contributed by atoms with Gasteiger partial charge < -0.3 is 15.5 Å². The second-order valence-corrected chi connectivity index (χ2v) is 7.17. The Morgan fingerprint density at radius 1 is 1.48 bits per heavy atom. The monoisotopic (exact) mass is 451 g/mol. The number of aryl methyl sites for hydroxylation is 1. The zero-order valence-electron chi connectivity index (χ0n) is 14.5. The highest BCUT2D eigenvalue weighted by Gasteiger charge is 2.17. The minimum absolute atomic E-state index is 0. The molecule has 0 saturated carbocycles. The fourth-order valence-electron chi connectivity index (χ4n) is 2.82. The molecule has 1 unspecified atom stereocenters. The van der Waals surface area contributed by atoms with Gasteiger partial charge in [0, 0.05) is 44.2 Å². The highest BCUT2D eigenvalue weighted by atomic mass is 127. The van der Waals surface area contributed by atoms with E-state index < -0.39 is 0 Å². The first kappa shape index (κ1) is 20.6. The van der Waals surface area contributed by atoms with Crippen LogP contribution < -0.4 is 10.6 Å².